The van der Waals surface area contributed by atoms with E-state index < -0.39 is 0 Å². The molecule has 0 unspecified atom stereocenters. The van der Waals surface area contributed by atoms with E-state index in [1.54, 1.807) is 0 Å². The number of allylic oxidation sites excluding steroid dienone is 1. The summed E-state index contributed by atoms with van der Waals surface area (Å²) in [5.41, 5.74) is 3.31. The second-order valence-corrected chi connectivity index (χ2v) is 6.00. The summed E-state index contributed by atoms with van der Waals surface area (Å²) in [4.78, 5) is 12.7. The molecule has 2 aromatic rings. The van der Waals surface area contributed by atoms with Crippen LogP contribution in [0.1, 0.15) is 53.6 Å². The minimum Gasteiger partial charge on any atom is -0.294 e. The van der Waals surface area contributed by atoms with Crippen LogP contribution in [0.3, 0.4) is 0 Å². The number of benzene rings is 2. The van der Waals surface area contributed by atoms with E-state index in [-0.39, 0.29) is 11.8 Å². The highest BCUT2D eigenvalue weighted by molar-refractivity contribution is 6.03. The molecule has 0 amide bonds. The molecular formula is C21H22O. The molecule has 22 heavy (non-hydrogen) atoms. The molecule has 0 radical (unpaired) electrons. The number of carbonyl (C=O) groups excluding carboxylic acids is 1. The third kappa shape index (κ3) is 2.89. The average molecular weight is 290 g/mol. The first-order valence-electron chi connectivity index (χ1n) is 8.17. The third-order valence-corrected chi connectivity index (χ3v) is 4.52. The van der Waals surface area contributed by atoms with Crippen LogP contribution >= 0.6 is 0 Å². The molecule has 1 nitrogen and oxygen atoms in total. The van der Waals surface area contributed by atoms with Crippen LogP contribution < -0.4 is 0 Å². The molecule has 3 rings (SSSR count). The predicted molar refractivity (Wildman–Crippen MR) is 92.0 cm³/mol. The van der Waals surface area contributed by atoms with Gasteiger partial charge in [0.25, 0.3) is 0 Å². The summed E-state index contributed by atoms with van der Waals surface area (Å²) in [6.07, 6.45) is 7.60. The van der Waals surface area contributed by atoms with Crippen molar-refractivity contribution in [1.29, 1.82) is 0 Å². The van der Waals surface area contributed by atoms with E-state index >= 15 is 0 Å². The van der Waals surface area contributed by atoms with Crippen LogP contribution in [0.15, 0.2) is 60.7 Å². The van der Waals surface area contributed by atoms with Crippen molar-refractivity contribution in [3.8, 4) is 0 Å². The van der Waals surface area contributed by atoms with Crippen molar-refractivity contribution in [3.63, 3.8) is 0 Å². The molecule has 1 aliphatic rings. The Bertz CT molecular complexity index is 669. The highest BCUT2D eigenvalue weighted by atomic mass is 16.1. The Labute approximate surface area is 132 Å². The van der Waals surface area contributed by atoms with Crippen LogP contribution in [0, 0.1) is 5.92 Å². The lowest BCUT2D eigenvalue weighted by Gasteiger charge is -2.15. The van der Waals surface area contributed by atoms with Crippen molar-refractivity contribution in [3.05, 3.63) is 77.4 Å². The Morgan fingerprint density at radius 3 is 2.50 bits per heavy atom. The monoisotopic (exact) mass is 290 g/mol. The fourth-order valence-electron chi connectivity index (χ4n) is 3.34. The van der Waals surface area contributed by atoms with E-state index in [0.29, 0.717) is 5.78 Å². The van der Waals surface area contributed by atoms with Crippen molar-refractivity contribution in [2.75, 3.05) is 0 Å². The maximum Gasteiger partial charge on any atom is 0.167 e. The molecule has 112 valence electrons. The van der Waals surface area contributed by atoms with E-state index in [9.17, 15) is 4.79 Å². The molecule has 0 saturated carbocycles. The van der Waals surface area contributed by atoms with Gasteiger partial charge in [-0.05, 0) is 17.5 Å². The van der Waals surface area contributed by atoms with Crippen molar-refractivity contribution in [2.45, 2.75) is 32.1 Å². The largest absolute Gasteiger partial charge is 0.294 e. The molecule has 2 aromatic carbocycles. The Morgan fingerprint density at radius 1 is 1.00 bits per heavy atom. The number of rotatable bonds is 5. The molecule has 1 heteroatoms. The van der Waals surface area contributed by atoms with Gasteiger partial charge in [-0.25, -0.2) is 0 Å². The molecule has 0 fully saturated rings. The number of hydrogen-bond donors (Lipinski definition) is 0. The second-order valence-electron chi connectivity index (χ2n) is 6.00. The van der Waals surface area contributed by atoms with Gasteiger partial charge in [0.15, 0.2) is 5.78 Å². The predicted octanol–water partition coefficient (Wildman–Crippen LogP) is 5.49. The van der Waals surface area contributed by atoms with Gasteiger partial charge in [-0.1, -0.05) is 86.5 Å². The summed E-state index contributed by atoms with van der Waals surface area (Å²) in [7, 11) is 0. The minimum absolute atomic E-state index is 0.109. The van der Waals surface area contributed by atoms with E-state index in [1.165, 1.54) is 11.1 Å². The van der Waals surface area contributed by atoms with Crippen molar-refractivity contribution < 1.29 is 4.79 Å². The van der Waals surface area contributed by atoms with Gasteiger partial charge in [0, 0.05) is 17.4 Å². The van der Waals surface area contributed by atoms with Gasteiger partial charge in [-0.3, -0.25) is 4.79 Å². The Balaban J connectivity index is 1.91. The molecule has 0 aromatic heterocycles. The SMILES string of the molecule is CCCC[C@@H]1C(=O)c2ccccc2[C@H]1/C=C/c1ccccc1. The van der Waals surface area contributed by atoms with E-state index in [1.807, 2.05) is 36.4 Å². The number of Topliss-reactive ketones (excluding diaryl/α,β-unsaturated/α-hetero) is 1. The van der Waals surface area contributed by atoms with Crippen LogP contribution in [-0.2, 0) is 0 Å². The lowest BCUT2D eigenvalue weighted by molar-refractivity contribution is 0.0922. The Kier molecular flexibility index (Phi) is 4.53. The molecule has 0 aliphatic heterocycles. The van der Waals surface area contributed by atoms with Gasteiger partial charge >= 0.3 is 0 Å². The van der Waals surface area contributed by atoms with Gasteiger partial charge in [-0.2, -0.15) is 0 Å². The lowest BCUT2D eigenvalue weighted by atomic mass is 9.87. The number of fused-ring (bicyclic) bond motifs is 1. The van der Waals surface area contributed by atoms with E-state index in [0.717, 1.165) is 24.8 Å². The highest BCUT2D eigenvalue weighted by Crippen LogP contribution is 2.41. The third-order valence-electron chi connectivity index (χ3n) is 4.52. The number of ketones is 1. The number of hydrogen-bond acceptors (Lipinski definition) is 1. The molecule has 0 heterocycles. The van der Waals surface area contributed by atoms with Crippen molar-refractivity contribution in [1.82, 2.24) is 0 Å². The van der Waals surface area contributed by atoms with E-state index in [2.05, 4.69) is 37.3 Å². The van der Waals surface area contributed by atoms with Gasteiger partial charge < -0.3 is 0 Å². The van der Waals surface area contributed by atoms with Crippen LogP contribution in [0.2, 0.25) is 0 Å². The molecular weight excluding hydrogens is 268 g/mol. The zero-order valence-electron chi connectivity index (χ0n) is 13.0. The first-order chi connectivity index (χ1) is 10.8. The highest BCUT2D eigenvalue weighted by Gasteiger charge is 2.37. The average Bonchev–Trinajstić information content (AvgIpc) is 2.84. The molecule has 0 N–H and O–H groups in total. The summed E-state index contributed by atoms with van der Waals surface area (Å²) in [5, 5.41) is 0. The first kappa shape index (κ1) is 14.8. The lowest BCUT2D eigenvalue weighted by Crippen LogP contribution is -2.12. The topological polar surface area (TPSA) is 17.1 Å². The maximum atomic E-state index is 12.7. The molecule has 2 atom stereocenters. The van der Waals surface area contributed by atoms with Crippen LogP contribution in [0.5, 0.6) is 0 Å². The van der Waals surface area contributed by atoms with Gasteiger partial charge in [0.05, 0.1) is 0 Å². The van der Waals surface area contributed by atoms with Crippen LogP contribution in [0.25, 0.3) is 6.08 Å². The zero-order chi connectivity index (χ0) is 15.4. The van der Waals surface area contributed by atoms with Gasteiger partial charge in [0.2, 0.25) is 0 Å². The minimum atomic E-state index is 0.109. The summed E-state index contributed by atoms with van der Waals surface area (Å²) >= 11 is 0. The second kappa shape index (κ2) is 6.74. The standard InChI is InChI=1S/C21H22O/c1-2-3-11-19-18(15-14-16-9-5-4-6-10-16)17-12-7-8-13-20(17)21(19)22/h4-10,12-15,18-19H,2-3,11H2,1H3/b15-14+/t18-,19+/m1/s1. The number of unbranched alkanes of at least 4 members (excludes halogenated alkanes) is 1. The number of carbonyl (C=O) groups is 1. The fourth-order valence-corrected chi connectivity index (χ4v) is 3.34. The van der Waals surface area contributed by atoms with Crippen molar-refractivity contribution >= 4 is 11.9 Å². The van der Waals surface area contributed by atoms with Gasteiger partial charge in [0.1, 0.15) is 0 Å². The Morgan fingerprint density at radius 2 is 1.73 bits per heavy atom. The fraction of sp³-hybridized carbons (Fsp3) is 0.286. The van der Waals surface area contributed by atoms with Gasteiger partial charge in [-0.15, -0.1) is 0 Å². The summed E-state index contributed by atoms with van der Waals surface area (Å²) in [6, 6.07) is 18.4. The Hall–Kier alpha value is -2.15. The van der Waals surface area contributed by atoms with Crippen LogP contribution in [0.4, 0.5) is 0 Å². The first-order valence-corrected chi connectivity index (χ1v) is 8.17. The summed E-state index contributed by atoms with van der Waals surface area (Å²) in [6.45, 7) is 2.18. The molecule has 0 spiro atoms. The molecule has 0 bridgehead atoms. The van der Waals surface area contributed by atoms with Crippen molar-refractivity contribution in [2.24, 2.45) is 5.92 Å². The van der Waals surface area contributed by atoms with E-state index in [4.69, 9.17) is 0 Å². The molecule has 1 aliphatic carbocycles. The normalized spacial score (nSPS) is 20.5. The summed E-state index contributed by atoms with van der Waals surface area (Å²) < 4.78 is 0. The quantitative estimate of drug-likeness (QED) is 0.712. The molecule has 0 saturated heterocycles. The maximum absolute atomic E-state index is 12.7. The smallest absolute Gasteiger partial charge is 0.167 e. The zero-order valence-corrected chi connectivity index (χ0v) is 13.0. The summed E-state index contributed by atoms with van der Waals surface area (Å²) in [5.74, 6) is 0.652. The van der Waals surface area contributed by atoms with Crippen LogP contribution in [-0.4, -0.2) is 5.78 Å².